The van der Waals surface area contributed by atoms with Crippen LogP contribution in [0.2, 0.25) is 0 Å². The molecule has 0 aliphatic carbocycles. The van der Waals surface area contributed by atoms with Crippen molar-refractivity contribution in [3.05, 3.63) is 65.7 Å². The highest BCUT2D eigenvalue weighted by molar-refractivity contribution is 5.81. The van der Waals surface area contributed by atoms with E-state index in [2.05, 4.69) is 10.6 Å². The molecule has 0 fully saturated rings. The van der Waals surface area contributed by atoms with E-state index in [-0.39, 0.29) is 18.9 Å². The molecule has 0 unspecified atom stereocenters. The number of nitrogens with one attached hydrogen (secondary N) is 2. The van der Waals surface area contributed by atoms with E-state index in [1.54, 1.807) is 13.2 Å². The zero-order chi connectivity index (χ0) is 20.4. The Morgan fingerprint density at radius 2 is 1.68 bits per heavy atom. The number of rotatable bonds is 9. The highest BCUT2D eigenvalue weighted by Crippen LogP contribution is 2.18. The molecule has 0 aliphatic rings. The van der Waals surface area contributed by atoms with E-state index in [4.69, 9.17) is 9.47 Å². The molecule has 7 heteroatoms. The van der Waals surface area contributed by atoms with Crippen molar-refractivity contribution < 1.29 is 23.9 Å². The molecule has 2 N–H and O–H groups in total. The molecule has 0 spiro atoms. The molecule has 7 nitrogen and oxygen atoms in total. The Balaban J connectivity index is 1.83. The van der Waals surface area contributed by atoms with Crippen molar-refractivity contribution in [2.24, 2.45) is 0 Å². The van der Waals surface area contributed by atoms with E-state index in [1.807, 2.05) is 48.5 Å². The Bertz CT molecular complexity index is 807. The summed E-state index contributed by atoms with van der Waals surface area (Å²) in [5.41, 5.74) is 1.61. The van der Waals surface area contributed by atoms with Crippen molar-refractivity contribution in [2.45, 2.75) is 25.9 Å². The van der Waals surface area contributed by atoms with Crippen LogP contribution in [0.4, 0.5) is 0 Å². The monoisotopic (exact) mass is 384 g/mol. The third-order valence-corrected chi connectivity index (χ3v) is 3.98. The minimum absolute atomic E-state index is 0.0661. The smallest absolute Gasteiger partial charge is 0.308 e. The van der Waals surface area contributed by atoms with Gasteiger partial charge >= 0.3 is 5.97 Å². The van der Waals surface area contributed by atoms with Crippen molar-refractivity contribution in [2.75, 3.05) is 13.7 Å². The van der Waals surface area contributed by atoms with Crippen LogP contribution in [0.25, 0.3) is 0 Å². The fourth-order valence-corrected chi connectivity index (χ4v) is 2.65. The number of carbonyl (C=O) groups is 3. The van der Waals surface area contributed by atoms with Crippen LogP contribution in [0, 0.1) is 0 Å². The molecule has 0 heterocycles. The number of benzene rings is 2. The maximum absolute atomic E-state index is 12.1. The average Bonchev–Trinajstić information content (AvgIpc) is 2.70. The molecular formula is C21H24N2O5. The predicted molar refractivity (Wildman–Crippen MR) is 103 cm³/mol. The minimum atomic E-state index is -0.574. The van der Waals surface area contributed by atoms with Gasteiger partial charge in [-0.15, -0.1) is 0 Å². The standard InChI is InChI=1S/C21H24N2O5/c1-15(24)23-18(16-8-4-3-5-9-16)12-21(26)28-14-20(25)22-13-17-10-6-7-11-19(17)27-2/h3-11,18H,12-14H2,1-2H3,(H,22,25)(H,23,24)/t18-/m1/s1. The first-order valence-corrected chi connectivity index (χ1v) is 8.86. The molecule has 0 radical (unpaired) electrons. The number of esters is 1. The Morgan fingerprint density at radius 3 is 2.36 bits per heavy atom. The lowest BCUT2D eigenvalue weighted by Crippen LogP contribution is -2.31. The summed E-state index contributed by atoms with van der Waals surface area (Å²) in [6.07, 6.45) is -0.0661. The summed E-state index contributed by atoms with van der Waals surface area (Å²) >= 11 is 0. The molecule has 2 aromatic rings. The zero-order valence-corrected chi connectivity index (χ0v) is 15.9. The van der Waals surface area contributed by atoms with Crippen LogP contribution in [0.1, 0.15) is 30.5 Å². The molecular weight excluding hydrogens is 360 g/mol. The quantitative estimate of drug-likeness (QED) is 0.646. The van der Waals surface area contributed by atoms with Gasteiger partial charge in [-0.05, 0) is 11.6 Å². The summed E-state index contributed by atoms with van der Waals surface area (Å²) < 4.78 is 10.3. The number of hydrogen-bond acceptors (Lipinski definition) is 5. The topological polar surface area (TPSA) is 93.7 Å². The molecule has 0 saturated carbocycles. The fourth-order valence-electron chi connectivity index (χ4n) is 2.65. The van der Waals surface area contributed by atoms with Gasteiger partial charge in [-0.3, -0.25) is 14.4 Å². The maximum Gasteiger partial charge on any atom is 0.308 e. The lowest BCUT2D eigenvalue weighted by Gasteiger charge is -2.17. The van der Waals surface area contributed by atoms with Crippen LogP contribution < -0.4 is 15.4 Å². The summed E-state index contributed by atoms with van der Waals surface area (Å²) in [6.45, 7) is 1.25. The lowest BCUT2D eigenvalue weighted by atomic mass is 10.0. The van der Waals surface area contributed by atoms with Crippen LogP contribution in [0.5, 0.6) is 5.75 Å². The van der Waals surface area contributed by atoms with E-state index in [9.17, 15) is 14.4 Å². The van der Waals surface area contributed by atoms with Gasteiger partial charge in [-0.1, -0.05) is 48.5 Å². The van der Waals surface area contributed by atoms with Gasteiger partial charge in [0.2, 0.25) is 5.91 Å². The van der Waals surface area contributed by atoms with Crippen molar-refractivity contribution in [1.82, 2.24) is 10.6 Å². The summed E-state index contributed by atoms with van der Waals surface area (Å²) in [5.74, 6) is -0.581. The number of ether oxygens (including phenoxy) is 2. The Morgan fingerprint density at radius 1 is 1.00 bits per heavy atom. The average molecular weight is 384 g/mol. The molecule has 0 saturated heterocycles. The number of para-hydroxylation sites is 1. The largest absolute Gasteiger partial charge is 0.496 e. The second kappa shape index (κ2) is 10.7. The van der Waals surface area contributed by atoms with Crippen molar-refractivity contribution in [3.63, 3.8) is 0 Å². The number of methoxy groups -OCH3 is 1. The van der Waals surface area contributed by atoms with Gasteiger partial charge in [-0.2, -0.15) is 0 Å². The van der Waals surface area contributed by atoms with E-state index >= 15 is 0 Å². The first-order chi connectivity index (χ1) is 13.5. The second-order valence-corrected chi connectivity index (χ2v) is 6.12. The van der Waals surface area contributed by atoms with Crippen LogP contribution in [-0.4, -0.2) is 31.5 Å². The Labute approximate surface area is 164 Å². The maximum atomic E-state index is 12.1. The highest BCUT2D eigenvalue weighted by atomic mass is 16.5. The number of carbonyl (C=O) groups excluding carboxylic acids is 3. The van der Waals surface area contributed by atoms with Gasteiger partial charge in [-0.25, -0.2) is 0 Å². The van der Waals surface area contributed by atoms with Crippen LogP contribution in [0.3, 0.4) is 0 Å². The first kappa shape index (κ1) is 21.0. The van der Waals surface area contributed by atoms with Crippen molar-refractivity contribution >= 4 is 17.8 Å². The molecule has 1 atom stereocenters. The van der Waals surface area contributed by atoms with Gasteiger partial charge in [0.1, 0.15) is 5.75 Å². The number of amides is 2. The third kappa shape index (κ3) is 6.75. The van der Waals surface area contributed by atoms with Crippen molar-refractivity contribution in [3.8, 4) is 5.75 Å². The first-order valence-electron chi connectivity index (χ1n) is 8.86. The summed E-state index contributed by atoms with van der Waals surface area (Å²) in [6, 6.07) is 15.9. The van der Waals surface area contributed by atoms with E-state index in [0.29, 0.717) is 5.75 Å². The summed E-state index contributed by atoms with van der Waals surface area (Å²) in [4.78, 5) is 35.5. The van der Waals surface area contributed by atoms with Crippen LogP contribution >= 0.6 is 0 Å². The predicted octanol–water partition coefficient (Wildman–Crippen LogP) is 2.12. The van der Waals surface area contributed by atoms with Gasteiger partial charge in [0.05, 0.1) is 19.6 Å². The molecule has 28 heavy (non-hydrogen) atoms. The Hall–Kier alpha value is -3.35. The highest BCUT2D eigenvalue weighted by Gasteiger charge is 2.18. The normalized spacial score (nSPS) is 11.2. The second-order valence-electron chi connectivity index (χ2n) is 6.12. The lowest BCUT2D eigenvalue weighted by molar-refractivity contribution is -0.149. The molecule has 0 aliphatic heterocycles. The molecule has 2 aromatic carbocycles. The summed E-state index contributed by atoms with van der Waals surface area (Å²) in [5, 5.41) is 5.40. The van der Waals surface area contributed by atoms with E-state index in [0.717, 1.165) is 11.1 Å². The van der Waals surface area contributed by atoms with Crippen LogP contribution in [0.15, 0.2) is 54.6 Å². The third-order valence-electron chi connectivity index (χ3n) is 3.98. The van der Waals surface area contributed by atoms with Gasteiger partial charge in [0.25, 0.3) is 5.91 Å². The zero-order valence-electron chi connectivity index (χ0n) is 15.9. The fraction of sp³-hybridized carbons (Fsp3) is 0.286. The molecule has 2 rings (SSSR count). The number of hydrogen-bond donors (Lipinski definition) is 2. The molecule has 2 amide bonds. The summed E-state index contributed by atoms with van der Waals surface area (Å²) in [7, 11) is 1.56. The minimum Gasteiger partial charge on any atom is -0.496 e. The van der Waals surface area contributed by atoms with Gasteiger partial charge in [0, 0.05) is 19.0 Å². The molecule has 148 valence electrons. The van der Waals surface area contributed by atoms with Crippen LogP contribution in [-0.2, 0) is 25.7 Å². The van der Waals surface area contributed by atoms with E-state index < -0.39 is 24.5 Å². The van der Waals surface area contributed by atoms with Gasteiger partial charge < -0.3 is 20.1 Å². The molecule has 0 aromatic heterocycles. The van der Waals surface area contributed by atoms with E-state index in [1.165, 1.54) is 6.92 Å². The molecule has 0 bridgehead atoms. The Kier molecular flexibility index (Phi) is 8.02. The van der Waals surface area contributed by atoms with Gasteiger partial charge in [0.15, 0.2) is 6.61 Å². The van der Waals surface area contributed by atoms with Crippen molar-refractivity contribution in [1.29, 1.82) is 0 Å². The SMILES string of the molecule is COc1ccccc1CNC(=O)COC(=O)C[C@@H](NC(C)=O)c1ccccc1.